The van der Waals surface area contributed by atoms with Gasteiger partial charge in [-0.1, -0.05) is 35.3 Å². The Labute approximate surface area is 152 Å². The van der Waals surface area contributed by atoms with Crippen molar-refractivity contribution in [3.05, 3.63) is 69.5 Å². The smallest absolute Gasteiger partial charge is 0.325 e. The number of benzene rings is 2. The Hall–Kier alpha value is -2.44. The summed E-state index contributed by atoms with van der Waals surface area (Å²) in [6.45, 7) is -1.10. The summed E-state index contributed by atoms with van der Waals surface area (Å²) < 4.78 is 18.2. The number of rotatable bonds is 6. The van der Waals surface area contributed by atoms with Crippen molar-refractivity contribution >= 4 is 40.9 Å². The molecule has 0 fully saturated rings. The molecule has 1 N–H and O–H groups in total. The van der Waals surface area contributed by atoms with E-state index >= 15 is 0 Å². The van der Waals surface area contributed by atoms with E-state index in [1.165, 1.54) is 36.4 Å². The minimum atomic E-state index is -0.844. The number of amides is 1. The fourth-order valence-electron chi connectivity index (χ4n) is 1.88. The number of nitrogens with one attached hydrogen (secondary N) is 1. The lowest BCUT2D eigenvalue weighted by Gasteiger charge is -2.08. The third kappa shape index (κ3) is 5.27. The second-order valence-corrected chi connectivity index (χ2v) is 5.71. The van der Waals surface area contributed by atoms with Crippen molar-refractivity contribution in [3.63, 3.8) is 0 Å². The maximum Gasteiger partial charge on any atom is 0.325 e. The molecule has 5 nitrogen and oxygen atoms in total. The van der Waals surface area contributed by atoms with Gasteiger partial charge in [0.15, 0.2) is 6.61 Å². The summed E-state index contributed by atoms with van der Waals surface area (Å²) in [6.07, 6.45) is 0. The molecule has 8 heteroatoms. The highest BCUT2D eigenvalue weighted by atomic mass is 35.5. The molecule has 0 spiro atoms. The Morgan fingerprint density at radius 2 is 1.76 bits per heavy atom. The molecule has 0 saturated heterocycles. The second kappa shape index (κ2) is 8.60. The standard InChI is InChI=1S/C17H12Cl2FNO4/c18-10-5-6-11(13(19)7-10)17(24)21-8-16(23)25-9-15(22)12-3-1-2-4-14(12)20/h1-7H,8-9H2,(H,21,24). The zero-order valence-corrected chi connectivity index (χ0v) is 14.2. The molecule has 130 valence electrons. The molecule has 2 aromatic rings. The van der Waals surface area contributed by atoms with Crippen LogP contribution in [0.5, 0.6) is 0 Å². The highest BCUT2D eigenvalue weighted by Crippen LogP contribution is 2.20. The van der Waals surface area contributed by atoms with E-state index < -0.39 is 36.6 Å². The van der Waals surface area contributed by atoms with Crippen LogP contribution in [0.1, 0.15) is 20.7 Å². The Morgan fingerprint density at radius 3 is 2.44 bits per heavy atom. The summed E-state index contributed by atoms with van der Waals surface area (Å²) in [5, 5.41) is 2.81. The quantitative estimate of drug-likeness (QED) is 0.613. The average Bonchev–Trinajstić information content (AvgIpc) is 2.58. The summed E-state index contributed by atoms with van der Waals surface area (Å²) in [5.74, 6) is -2.82. The molecule has 2 rings (SSSR count). The summed E-state index contributed by atoms with van der Waals surface area (Å²) in [7, 11) is 0. The number of ketones is 1. The molecule has 0 aliphatic heterocycles. The van der Waals surface area contributed by atoms with Crippen LogP contribution in [0.3, 0.4) is 0 Å². The maximum absolute atomic E-state index is 13.4. The van der Waals surface area contributed by atoms with Gasteiger partial charge in [-0.2, -0.15) is 0 Å². The van der Waals surface area contributed by atoms with Gasteiger partial charge in [0, 0.05) is 5.02 Å². The number of ether oxygens (including phenoxy) is 1. The largest absolute Gasteiger partial charge is 0.456 e. The van der Waals surface area contributed by atoms with Crippen LogP contribution in [0.25, 0.3) is 0 Å². The first kappa shape index (κ1) is 18.9. The Balaban J connectivity index is 1.83. The van der Waals surface area contributed by atoms with Gasteiger partial charge in [0.25, 0.3) is 5.91 Å². The van der Waals surface area contributed by atoms with Gasteiger partial charge < -0.3 is 10.1 Å². The van der Waals surface area contributed by atoms with Crippen LogP contribution in [0.15, 0.2) is 42.5 Å². The molecule has 0 saturated carbocycles. The zero-order valence-electron chi connectivity index (χ0n) is 12.7. The molecule has 1 amide bonds. The van der Waals surface area contributed by atoms with E-state index in [0.717, 1.165) is 6.07 Å². The number of esters is 1. The number of halogens is 3. The highest BCUT2D eigenvalue weighted by Gasteiger charge is 2.15. The molecular weight excluding hydrogens is 372 g/mol. The van der Waals surface area contributed by atoms with Crippen molar-refractivity contribution in [1.82, 2.24) is 5.32 Å². The lowest BCUT2D eigenvalue weighted by Crippen LogP contribution is -2.31. The van der Waals surface area contributed by atoms with Crippen molar-refractivity contribution in [1.29, 1.82) is 0 Å². The van der Waals surface area contributed by atoms with Gasteiger partial charge in [-0.15, -0.1) is 0 Å². The van der Waals surface area contributed by atoms with Crippen LogP contribution in [0.2, 0.25) is 10.0 Å². The van der Waals surface area contributed by atoms with E-state index in [4.69, 9.17) is 27.9 Å². The van der Waals surface area contributed by atoms with Gasteiger partial charge in [-0.3, -0.25) is 14.4 Å². The average molecular weight is 384 g/mol. The van der Waals surface area contributed by atoms with Gasteiger partial charge in [0.2, 0.25) is 5.78 Å². The van der Waals surface area contributed by atoms with Crippen LogP contribution in [-0.2, 0) is 9.53 Å². The number of hydrogen-bond acceptors (Lipinski definition) is 4. The number of Topliss-reactive ketones (excluding diaryl/α,β-unsaturated/α-hetero) is 1. The van der Waals surface area contributed by atoms with Gasteiger partial charge in [-0.25, -0.2) is 4.39 Å². The van der Waals surface area contributed by atoms with Crippen LogP contribution in [0, 0.1) is 5.82 Å². The van der Waals surface area contributed by atoms with Crippen molar-refractivity contribution in [2.24, 2.45) is 0 Å². The molecule has 2 aromatic carbocycles. The first-order valence-electron chi connectivity index (χ1n) is 7.05. The first-order chi connectivity index (χ1) is 11.9. The van der Waals surface area contributed by atoms with Crippen LogP contribution < -0.4 is 5.32 Å². The van der Waals surface area contributed by atoms with Gasteiger partial charge >= 0.3 is 5.97 Å². The Bertz CT molecular complexity index is 826. The number of carbonyl (C=O) groups is 3. The summed E-state index contributed by atoms with van der Waals surface area (Å²) in [4.78, 5) is 35.3. The van der Waals surface area contributed by atoms with Crippen LogP contribution in [0.4, 0.5) is 4.39 Å². The van der Waals surface area contributed by atoms with Crippen molar-refractivity contribution in [3.8, 4) is 0 Å². The molecule has 0 aliphatic carbocycles. The van der Waals surface area contributed by atoms with E-state index in [9.17, 15) is 18.8 Å². The van der Waals surface area contributed by atoms with Crippen LogP contribution in [-0.4, -0.2) is 30.8 Å². The molecular formula is C17H12Cl2FNO4. The zero-order chi connectivity index (χ0) is 18.4. The Morgan fingerprint density at radius 1 is 1.04 bits per heavy atom. The second-order valence-electron chi connectivity index (χ2n) is 4.87. The maximum atomic E-state index is 13.4. The predicted molar refractivity (Wildman–Crippen MR) is 90.5 cm³/mol. The summed E-state index contributed by atoms with van der Waals surface area (Å²) in [6, 6.07) is 9.63. The highest BCUT2D eigenvalue weighted by molar-refractivity contribution is 6.36. The van der Waals surface area contributed by atoms with Crippen molar-refractivity contribution in [2.45, 2.75) is 0 Å². The van der Waals surface area contributed by atoms with Crippen LogP contribution >= 0.6 is 23.2 Å². The summed E-state index contributed by atoms with van der Waals surface area (Å²) >= 11 is 11.6. The number of carbonyl (C=O) groups excluding carboxylic acids is 3. The molecule has 0 aliphatic rings. The normalized spacial score (nSPS) is 10.2. The lowest BCUT2D eigenvalue weighted by atomic mass is 10.1. The minimum absolute atomic E-state index is 0.132. The molecule has 0 bridgehead atoms. The molecule has 0 atom stereocenters. The van der Waals surface area contributed by atoms with E-state index in [1.54, 1.807) is 0 Å². The fourth-order valence-corrected chi connectivity index (χ4v) is 2.38. The number of hydrogen-bond donors (Lipinski definition) is 1. The molecule has 0 aromatic heterocycles. The lowest BCUT2D eigenvalue weighted by molar-refractivity contribution is -0.141. The Kier molecular flexibility index (Phi) is 6.50. The molecule has 25 heavy (non-hydrogen) atoms. The van der Waals surface area contributed by atoms with E-state index in [0.29, 0.717) is 5.02 Å². The van der Waals surface area contributed by atoms with E-state index in [2.05, 4.69) is 5.32 Å². The molecule has 0 radical (unpaired) electrons. The van der Waals surface area contributed by atoms with Gasteiger partial charge in [0.05, 0.1) is 16.1 Å². The third-order valence-corrected chi connectivity index (χ3v) is 3.66. The summed E-state index contributed by atoms with van der Waals surface area (Å²) in [5.41, 5.74) is -0.0337. The topological polar surface area (TPSA) is 72.5 Å². The first-order valence-corrected chi connectivity index (χ1v) is 7.80. The van der Waals surface area contributed by atoms with Gasteiger partial charge in [-0.05, 0) is 30.3 Å². The van der Waals surface area contributed by atoms with Crippen molar-refractivity contribution in [2.75, 3.05) is 13.2 Å². The monoisotopic (exact) mass is 383 g/mol. The fraction of sp³-hybridized carbons (Fsp3) is 0.118. The van der Waals surface area contributed by atoms with Gasteiger partial charge in [0.1, 0.15) is 12.4 Å². The molecule has 0 heterocycles. The molecule has 0 unspecified atom stereocenters. The van der Waals surface area contributed by atoms with Crippen molar-refractivity contribution < 1.29 is 23.5 Å². The predicted octanol–water partition coefficient (Wildman–Crippen LogP) is 3.29. The minimum Gasteiger partial charge on any atom is -0.456 e. The van der Waals surface area contributed by atoms with E-state index in [1.807, 2.05) is 0 Å². The SMILES string of the molecule is O=C(CNC(=O)c1ccc(Cl)cc1Cl)OCC(=O)c1ccccc1F. The third-order valence-electron chi connectivity index (χ3n) is 3.11. The van der Waals surface area contributed by atoms with E-state index in [-0.39, 0.29) is 16.1 Å².